The Morgan fingerprint density at radius 1 is 1.25 bits per heavy atom. The maximum atomic E-state index is 3.49. The summed E-state index contributed by atoms with van der Waals surface area (Å²) in [5.41, 5.74) is 5.43. The van der Waals surface area contributed by atoms with Gasteiger partial charge in [-0.1, -0.05) is 6.92 Å². The fourth-order valence-electron chi connectivity index (χ4n) is 2.17. The number of H-pyrrole nitrogens is 1. The number of hydrogen-bond donors (Lipinski definition) is 2. The molecule has 2 rings (SSSR count). The lowest BCUT2D eigenvalue weighted by atomic mass is 10.0. The van der Waals surface area contributed by atoms with Crippen LogP contribution in [0.25, 0.3) is 10.9 Å². The Bertz CT molecular complexity index is 483. The third-order valence-corrected chi connectivity index (χ3v) is 3.16. The Morgan fingerprint density at radius 3 is 2.75 bits per heavy atom. The van der Waals surface area contributed by atoms with Gasteiger partial charge in [0, 0.05) is 17.8 Å². The first-order chi connectivity index (χ1) is 7.74. The second kappa shape index (κ2) is 4.71. The van der Waals surface area contributed by atoms with Gasteiger partial charge in [0.1, 0.15) is 0 Å². The number of hydrogen-bond acceptors (Lipinski definition) is 1. The van der Waals surface area contributed by atoms with E-state index in [2.05, 4.69) is 42.3 Å². The lowest BCUT2D eigenvalue weighted by Crippen LogP contribution is -2.10. The first-order valence-corrected chi connectivity index (χ1v) is 6.00. The van der Waals surface area contributed by atoms with E-state index in [1.807, 2.05) is 7.05 Å². The molecule has 1 heterocycles. The Kier molecular flexibility index (Phi) is 3.30. The van der Waals surface area contributed by atoms with Gasteiger partial charge >= 0.3 is 0 Å². The van der Waals surface area contributed by atoms with E-state index in [9.17, 15) is 0 Å². The molecule has 0 saturated carbocycles. The van der Waals surface area contributed by atoms with Gasteiger partial charge in [0.25, 0.3) is 0 Å². The smallest absolute Gasteiger partial charge is 0.0459 e. The summed E-state index contributed by atoms with van der Waals surface area (Å²) in [7, 11) is 1.99. The molecule has 0 aliphatic rings. The van der Waals surface area contributed by atoms with Crippen LogP contribution in [-0.4, -0.2) is 18.6 Å². The molecule has 0 aliphatic carbocycles. The number of aromatic nitrogens is 1. The molecular weight excluding hydrogens is 196 g/mol. The van der Waals surface area contributed by atoms with Gasteiger partial charge in [-0.2, -0.15) is 0 Å². The predicted octanol–water partition coefficient (Wildman–Crippen LogP) is 2.80. The van der Waals surface area contributed by atoms with Crippen molar-refractivity contribution in [2.45, 2.75) is 26.7 Å². The van der Waals surface area contributed by atoms with Gasteiger partial charge in [-0.25, -0.2) is 0 Å². The van der Waals surface area contributed by atoms with Crippen molar-refractivity contribution in [3.05, 3.63) is 35.0 Å². The average molecular weight is 216 g/mol. The maximum Gasteiger partial charge on any atom is 0.0459 e. The van der Waals surface area contributed by atoms with Crippen LogP contribution in [0.1, 0.15) is 23.7 Å². The first kappa shape index (κ1) is 11.2. The Labute approximate surface area is 97.1 Å². The van der Waals surface area contributed by atoms with Crippen molar-refractivity contribution in [2.75, 3.05) is 13.6 Å². The van der Waals surface area contributed by atoms with Crippen molar-refractivity contribution in [3.8, 4) is 0 Å². The normalized spacial score (nSPS) is 11.2. The summed E-state index contributed by atoms with van der Waals surface area (Å²) in [6.45, 7) is 5.42. The van der Waals surface area contributed by atoms with E-state index in [1.54, 1.807) is 0 Å². The molecule has 0 saturated heterocycles. The molecule has 2 N–H and O–H groups in total. The van der Waals surface area contributed by atoms with Crippen molar-refractivity contribution in [1.82, 2.24) is 10.3 Å². The minimum Gasteiger partial charge on any atom is -0.358 e. The summed E-state index contributed by atoms with van der Waals surface area (Å²) in [4.78, 5) is 3.49. The zero-order valence-electron chi connectivity index (χ0n) is 10.4. The van der Waals surface area contributed by atoms with Crippen LogP contribution in [0.5, 0.6) is 0 Å². The van der Waals surface area contributed by atoms with Gasteiger partial charge in [0.05, 0.1) is 0 Å². The van der Waals surface area contributed by atoms with E-state index < -0.39 is 0 Å². The molecule has 0 unspecified atom stereocenters. The quantitative estimate of drug-likeness (QED) is 0.808. The van der Waals surface area contributed by atoms with Crippen molar-refractivity contribution in [3.63, 3.8) is 0 Å². The van der Waals surface area contributed by atoms with E-state index in [0.29, 0.717) is 0 Å². The highest BCUT2D eigenvalue weighted by Crippen LogP contribution is 2.21. The minimum atomic E-state index is 1.02. The van der Waals surface area contributed by atoms with Crippen molar-refractivity contribution in [1.29, 1.82) is 0 Å². The van der Waals surface area contributed by atoms with Crippen LogP contribution in [0.15, 0.2) is 18.2 Å². The molecule has 0 amide bonds. The zero-order chi connectivity index (χ0) is 11.5. The molecule has 0 fully saturated rings. The monoisotopic (exact) mass is 216 g/mol. The highest BCUT2D eigenvalue weighted by Gasteiger charge is 2.03. The Balaban J connectivity index is 2.37. The fraction of sp³-hybridized carbons (Fsp3) is 0.429. The maximum absolute atomic E-state index is 3.49. The topological polar surface area (TPSA) is 27.8 Å². The second-order valence-corrected chi connectivity index (χ2v) is 4.37. The van der Waals surface area contributed by atoms with Gasteiger partial charge in [-0.05, 0) is 61.5 Å². The van der Waals surface area contributed by atoms with Gasteiger partial charge in [-0.15, -0.1) is 0 Å². The number of likely N-dealkylation sites (N-methyl/N-ethyl adjacent to an activating group) is 1. The van der Waals surface area contributed by atoms with Crippen molar-refractivity contribution in [2.24, 2.45) is 0 Å². The molecule has 1 aromatic carbocycles. The van der Waals surface area contributed by atoms with Crippen molar-refractivity contribution >= 4 is 10.9 Å². The van der Waals surface area contributed by atoms with E-state index in [4.69, 9.17) is 0 Å². The predicted molar refractivity (Wildman–Crippen MR) is 70.0 cm³/mol. The van der Waals surface area contributed by atoms with Crippen LogP contribution in [-0.2, 0) is 12.8 Å². The van der Waals surface area contributed by atoms with E-state index in [-0.39, 0.29) is 0 Å². The third-order valence-electron chi connectivity index (χ3n) is 3.16. The summed E-state index contributed by atoms with van der Waals surface area (Å²) in [5, 5.41) is 4.51. The number of aryl methyl sites for hydroxylation is 2. The summed E-state index contributed by atoms with van der Waals surface area (Å²) in [5.74, 6) is 0. The molecule has 2 aromatic rings. The molecule has 1 aromatic heterocycles. The summed E-state index contributed by atoms with van der Waals surface area (Å²) in [6, 6.07) is 6.83. The van der Waals surface area contributed by atoms with Crippen LogP contribution in [0, 0.1) is 6.92 Å². The van der Waals surface area contributed by atoms with Gasteiger partial charge in [-0.3, -0.25) is 0 Å². The summed E-state index contributed by atoms with van der Waals surface area (Å²) in [6.07, 6.45) is 2.17. The highest BCUT2D eigenvalue weighted by atomic mass is 14.8. The van der Waals surface area contributed by atoms with E-state index in [1.165, 1.54) is 27.7 Å². The minimum absolute atomic E-state index is 1.02. The first-order valence-electron chi connectivity index (χ1n) is 6.00. The number of benzene rings is 1. The molecule has 0 aliphatic heterocycles. The Morgan fingerprint density at radius 2 is 2.06 bits per heavy atom. The molecule has 0 atom stereocenters. The molecule has 16 heavy (non-hydrogen) atoms. The molecule has 2 nitrogen and oxygen atoms in total. The van der Waals surface area contributed by atoms with Gasteiger partial charge in [0.2, 0.25) is 0 Å². The van der Waals surface area contributed by atoms with Crippen LogP contribution < -0.4 is 5.32 Å². The van der Waals surface area contributed by atoms with Crippen LogP contribution in [0.2, 0.25) is 0 Å². The van der Waals surface area contributed by atoms with Gasteiger partial charge in [0.15, 0.2) is 0 Å². The van der Waals surface area contributed by atoms with E-state index >= 15 is 0 Å². The molecular formula is C14H20N2. The number of rotatable bonds is 4. The van der Waals surface area contributed by atoms with Crippen LogP contribution >= 0.6 is 0 Å². The van der Waals surface area contributed by atoms with E-state index in [0.717, 1.165) is 19.4 Å². The third kappa shape index (κ3) is 2.12. The Hall–Kier alpha value is -1.28. The van der Waals surface area contributed by atoms with Gasteiger partial charge < -0.3 is 10.3 Å². The highest BCUT2D eigenvalue weighted by molar-refractivity contribution is 5.82. The fourth-order valence-corrected chi connectivity index (χ4v) is 2.17. The SMILES string of the molecule is CCc1cc2[nH]c(CCNC)cc2cc1C. The van der Waals surface area contributed by atoms with Crippen LogP contribution in [0.4, 0.5) is 0 Å². The molecule has 0 spiro atoms. The molecule has 2 heteroatoms. The molecule has 0 radical (unpaired) electrons. The molecule has 86 valence electrons. The average Bonchev–Trinajstić information content (AvgIpc) is 2.66. The van der Waals surface area contributed by atoms with Crippen molar-refractivity contribution < 1.29 is 0 Å². The largest absolute Gasteiger partial charge is 0.358 e. The lowest BCUT2D eigenvalue weighted by Gasteiger charge is -2.02. The zero-order valence-corrected chi connectivity index (χ0v) is 10.4. The standard InChI is InChI=1S/C14H20N2/c1-4-11-9-14-12(7-10(11)2)8-13(16-14)5-6-15-3/h7-9,15-16H,4-6H2,1-3H3. The molecule has 0 bridgehead atoms. The lowest BCUT2D eigenvalue weighted by molar-refractivity contribution is 0.781. The number of aromatic amines is 1. The second-order valence-electron chi connectivity index (χ2n) is 4.37. The summed E-state index contributed by atoms with van der Waals surface area (Å²) >= 11 is 0. The number of fused-ring (bicyclic) bond motifs is 1. The van der Waals surface area contributed by atoms with Crippen LogP contribution in [0.3, 0.4) is 0 Å². The number of nitrogens with one attached hydrogen (secondary N) is 2. The summed E-state index contributed by atoms with van der Waals surface area (Å²) < 4.78 is 0.